The lowest BCUT2D eigenvalue weighted by atomic mass is 10.2. The van der Waals surface area contributed by atoms with E-state index in [4.69, 9.17) is 18.5 Å². The zero-order chi connectivity index (χ0) is 19.6. The number of nitrogens with one attached hydrogen (secondary N) is 1. The lowest BCUT2D eigenvalue weighted by Crippen LogP contribution is -2.35. The zero-order valence-corrected chi connectivity index (χ0v) is 16.7. The Bertz CT molecular complexity index is 621. The molecule has 0 saturated carbocycles. The molecule has 0 aromatic heterocycles. The minimum atomic E-state index is -3.65. The Balaban J connectivity index is 3.03. The quantitative estimate of drug-likeness (QED) is 0.335. The first-order chi connectivity index (χ1) is 12.4. The summed E-state index contributed by atoms with van der Waals surface area (Å²) in [5.74, 6) is -0.918. The molecule has 0 aliphatic rings. The molecule has 0 aliphatic heterocycles. The number of hydrogen-bond donors (Lipinski definition) is 1. The molecule has 26 heavy (non-hydrogen) atoms. The topological polar surface area (TPSA) is 83.1 Å². The average molecular weight is 385 g/mol. The summed E-state index contributed by atoms with van der Waals surface area (Å²) in [6, 6.07) is 7.36. The van der Waals surface area contributed by atoms with Crippen LogP contribution in [0.4, 0.5) is 0 Å². The number of carbonyl (C=O) groups excluding carboxylic acids is 1. The van der Waals surface area contributed by atoms with E-state index in [0.29, 0.717) is 6.54 Å². The van der Waals surface area contributed by atoms with E-state index in [9.17, 15) is 9.36 Å². The van der Waals surface area contributed by atoms with Gasteiger partial charge in [0.2, 0.25) is 0 Å². The molecule has 0 radical (unpaired) electrons. The first kappa shape index (κ1) is 22.4. The zero-order valence-electron chi connectivity index (χ0n) is 15.8. The summed E-state index contributed by atoms with van der Waals surface area (Å²) in [5.41, 5.74) is 0.914. The summed E-state index contributed by atoms with van der Waals surface area (Å²) >= 11 is 0. The van der Waals surface area contributed by atoms with Crippen molar-refractivity contribution in [1.82, 2.24) is 5.32 Å². The Morgan fingerprint density at radius 2 is 1.69 bits per heavy atom. The molecule has 1 unspecified atom stereocenters. The van der Waals surface area contributed by atoms with Gasteiger partial charge in [0.05, 0.1) is 32.5 Å². The van der Waals surface area contributed by atoms with Crippen LogP contribution in [0.3, 0.4) is 0 Å². The molecule has 7 nitrogen and oxygen atoms in total. The van der Waals surface area contributed by atoms with E-state index in [1.165, 1.54) is 0 Å². The summed E-state index contributed by atoms with van der Waals surface area (Å²) in [6.07, 6.45) is 0. The number of benzene rings is 1. The van der Waals surface area contributed by atoms with Gasteiger partial charge in [-0.15, -0.1) is 0 Å². The van der Waals surface area contributed by atoms with Crippen LogP contribution in [0.2, 0.25) is 0 Å². The van der Waals surface area contributed by atoms with Gasteiger partial charge >= 0.3 is 13.6 Å². The van der Waals surface area contributed by atoms with Crippen LogP contribution < -0.4 is 10.1 Å². The monoisotopic (exact) mass is 385 g/mol. The number of ether oxygens (including phenoxy) is 2. The summed E-state index contributed by atoms with van der Waals surface area (Å²) in [4.78, 5) is 12.1. The van der Waals surface area contributed by atoms with Gasteiger partial charge in [-0.2, -0.15) is 0 Å². The van der Waals surface area contributed by atoms with Crippen molar-refractivity contribution in [3.63, 3.8) is 0 Å². The minimum absolute atomic E-state index is 0.00518. The van der Waals surface area contributed by atoms with Crippen LogP contribution in [-0.2, 0) is 29.7 Å². The van der Waals surface area contributed by atoms with Crippen molar-refractivity contribution in [3.05, 3.63) is 42.0 Å². The third-order valence-electron chi connectivity index (χ3n) is 3.46. The molecule has 1 N–H and O–H groups in total. The summed E-state index contributed by atoms with van der Waals surface area (Å²) in [6.45, 7) is 9.73. The molecular weight excluding hydrogens is 357 g/mol. The second kappa shape index (κ2) is 11.1. The molecule has 0 bridgehead atoms. The van der Waals surface area contributed by atoms with Crippen molar-refractivity contribution in [2.24, 2.45) is 0 Å². The lowest BCUT2D eigenvalue weighted by molar-refractivity contribution is -0.138. The maximum atomic E-state index is 13.2. The molecule has 1 aromatic rings. The highest BCUT2D eigenvalue weighted by atomic mass is 31.2. The van der Waals surface area contributed by atoms with Gasteiger partial charge in [0.15, 0.2) is 0 Å². The molecule has 0 fully saturated rings. The smallest absolute Gasteiger partial charge is 0.352 e. The Kier molecular flexibility index (Phi) is 9.59. The van der Waals surface area contributed by atoms with Gasteiger partial charge < -0.3 is 18.5 Å². The second-order valence-corrected chi connectivity index (χ2v) is 7.37. The van der Waals surface area contributed by atoms with E-state index in [2.05, 4.69) is 11.9 Å². The van der Waals surface area contributed by atoms with Crippen LogP contribution in [0.25, 0.3) is 0 Å². The van der Waals surface area contributed by atoms with Gasteiger partial charge in [0.1, 0.15) is 11.5 Å². The second-order valence-electron chi connectivity index (χ2n) is 5.25. The molecule has 8 heteroatoms. The van der Waals surface area contributed by atoms with Crippen molar-refractivity contribution < 1.29 is 27.9 Å². The number of rotatable bonds is 12. The predicted molar refractivity (Wildman–Crippen MR) is 100 cm³/mol. The Morgan fingerprint density at radius 3 is 2.15 bits per heavy atom. The first-order valence-electron chi connectivity index (χ1n) is 8.52. The summed E-state index contributed by atoms with van der Waals surface area (Å²) in [5, 5.41) is 3.07. The summed E-state index contributed by atoms with van der Waals surface area (Å²) < 4.78 is 34.1. The number of hydrogen-bond acceptors (Lipinski definition) is 7. The molecule has 1 aromatic carbocycles. The van der Waals surface area contributed by atoms with Crippen molar-refractivity contribution in [2.45, 2.75) is 33.1 Å². The van der Waals surface area contributed by atoms with Gasteiger partial charge in [0.25, 0.3) is 0 Å². The fraction of sp³-hybridized carbons (Fsp3) is 0.500. The van der Waals surface area contributed by atoms with Crippen LogP contribution in [0.5, 0.6) is 5.75 Å². The largest absolute Gasteiger partial charge is 0.497 e. The first-order valence-corrected chi connectivity index (χ1v) is 10.1. The molecule has 0 heterocycles. The molecular formula is C18H28NO6P. The molecule has 1 rings (SSSR count). The third-order valence-corrected chi connectivity index (χ3v) is 5.82. The highest BCUT2D eigenvalue weighted by molar-refractivity contribution is 7.55. The lowest BCUT2D eigenvalue weighted by Gasteiger charge is -2.28. The predicted octanol–water partition coefficient (Wildman–Crippen LogP) is 3.50. The van der Waals surface area contributed by atoms with Crippen molar-refractivity contribution >= 4 is 13.6 Å². The fourth-order valence-electron chi connectivity index (χ4n) is 2.27. The van der Waals surface area contributed by atoms with Crippen molar-refractivity contribution in [1.29, 1.82) is 0 Å². The highest BCUT2D eigenvalue weighted by Crippen LogP contribution is 2.54. The third kappa shape index (κ3) is 6.25. The fourth-order valence-corrected chi connectivity index (χ4v) is 4.16. The van der Waals surface area contributed by atoms with Crippen molar-refractivity contribution in [3.8, 4) is 5.75 Å². The van der Waals surface area contributed by atoms with E-state index in [0.717, 1.165) is 11.3 Å². The van der Waals surface area contributed by atoms with Crippen LogP contribution in [0.1, 0.15) is 26.3 Å². The van der Waals surface area contributed by atoms with Gasteiger partial charge in [-0.05, 0) is 38.5 Å². The Morgan fingerprint density at radius 1 is 1.12 bits per heavy atom. The molecule has 0 amide bonds. The molecule has 0 spiro atoms. The number of methoxy groups -OCH3 is 1. The van der Waals surface area contributed by atoms with Crippen LogP contribution >= 0.6 is 7.60 Å². The van der Waals surface area contributed by atoms with Crippen molar-refractivity contribution in [2.75, 3.05) is 26.9 Å². The van der Waals surface area contributed by atoms with Crippen LogP contribution in [0, 0.1) is 0 Å². The van der Waals surface area contributed by atoms with E-state index in [-0.39, 0.29) is 25.4 Å². The van der Waals surface area contributed by atoms with Crippen LogP contribution in [-0.4, -0.2) is 38.7 Å². The Labute approximate surface area is 155 Å². The van der Waals surface area contributed by atoms with E-state index in [1.54, 1.807) is 27.9 Å². The molecule has 0 saturated heterocycles. The molecule has 146 valence electrons. The highest BCUT2D eigenvalue weighted by Gasteiger charge is 2.40. The average Bonchev–Trinajstić information content (AvgIpc) is 2.62. The minimum Gasteiger partial charge on any atom is -0.497 e. The normalized spacial score (nSPS) is 12.5. The van der Waals surface area contributed by atoms with E-state index in [1.807, 2.05) is 24.3 Å². The summed E-state index contributed by atoms with van der Waals surface area (Å²) in [7, 11) is -2.06. The van der Waals surface area contributed by atoms with Gasteiger partial charge in [-0.25, -0.2) is 4.79 Å². The van der Waals surface area contributed by atoms with Gasteiger partial charge in [0, 0.05) is 6.54 Å². The number of carbonyl (C=O) groups is 1. The SMILES string of the molecule is C=C(C(=O)OCC)C(NCc1ccc(OC)cc1)P(=O)(OCC)OCC. The van der Waals surface area contributed by atoms with E-state index >= 15 is 0 Å². The number of esters is 1. The maximum absolute atomic E-state index is 13.2. The van der Waals surface area contributed by atoms with Crippen LogP contribution in [0.15, 0.2) is 36.4 Å². The standard InChI is InChI=1S/C18H28NO6P/c1-6-23-18(20)14(4)17(26(21,24-7-2)25-8-3)19-13-15-9-11-16(22-5)12-10-15/h9-12,17,19H,4,6-8,13H2,1-3,5H3. The van der Waals surface area contributed by atoms with E-state index < -0.39 is 19.3 Å². The van der Waals surface area contributed by atoms with Gasteiger partial charge in [-0.1, -0.05) is 18.7 Å². The molecule has 1 atom stereocenters. The Hall–Kier alpha value is -1.66. The van der Waals surface area contributed by atoms with Gasteiger partial charge in [-0.3, -0.25) is 9.88 Å². The molecule has 0 aliphatic carbocycles. The maximum Gasteiger partial charge on any atom is 0.352 e.